The van der Waals surface area contributed by atoms with E-state index < -0.39 is 5.97 Å². The largest absolute Gasteiger partial charge is 0.478 e. The van der Waals surface area contributed by atoms with Crippen LogP contribution in [0.25, 0.3) is 0 Å². The highest BCUT2D eigenvalue weighted by atomic mass is 16.4. The maximum Gasteiger partial charge on any atom is 0.335 e. The van der Waals surface area contributed by atoms with Crippen LogP contribution in [0.4, 0.5) is 5.69 Å². The van der Waals surface area contributed by atoms with Gasteiger partial charge in [0.1, 0.15) is 6.04 Å². The van der Waals surface area contributed by atoms with Crippen LogP contribution >= 0.6 is 0 Å². The lowest BCUT2D eigenvalue weighted by Crippen LogP contribution is -2.41. The second-order valence-corrected chi connectivity index (χ2v) is 4.71. The quantitative estimate of drug-likeness (QED) is 0.838. The van der Waals surface area contributed by atoms with Gasteiger partial charge in [0.05, 0.1) is 5.56 Å². The fourth-order valence-corrected chi connectivity index (χ4v) is 2.11. The molecule has 0 heterocycles. The summed E-state index contributed by atoms with van der Waals surface area (Å²) in [6, 6.07) is 4.64. The van der Waals surface area contributed by atoms with Crippen molar-refractivity contribution in [3.05, 3.63) is 29.3 Å². The summed E-state index contributed by atoms with van der Waals surface area (Å²) in [4.78, 5) is 24.8. The number of carboxylic acids is 1. The van der Waals surface area contributed by atoms with Crippen molar-refractivity contribution in [2.45, 2.75) is 33.7 Å². The standard InChI is InChI=1S/C15H22N2O3/c1-5-17(6-2)14(18)11(4)16-12-7-8-13(15(19)20)10(3)9-12/h7-9,11,16H,5-6H2,1-4H3,(H,19,20). The first kappa shape index (κ1) is 16.0. The van der Waals surface area contributed by atoms with Crippen LogP contribution in [0.3, 0.4) is 0 Å². The number of carboxylic acid groups (broad SMARTS) is 1. The van der Waals surface area contributed by atoms with Crippen molar-refractivity contribution in [3.63, 3.8) is 0 Å². The van der Waals surface area contributed by atoms with Crippen molar-refractivity contribution >= 4 is 17.6 Å². The van der Waals surface area contributed by atoms with Gasteiger partial charge in [-0.3, -0.25) is 4.79 Å². The average Bonchev–Trinajstić information content (AvgIpc) is 2.39. The van der Waals surface area contributed by atoms with Crippen molar-refractivity contribution in [1.29, 1.82) is 0 Å². The number of likely N-dealkylation sites (N-methyl/N-ethyl adjacent to an activating group) is 1. The third kappa shape index (κ3) is 3.73. The number of hydrogen-bond acceptors (Lipinski definition) is 3. The molecule has 0 bridgehead atoms. The van der Waals surface area contributed by atoms with Crippen molar-refractivity contribution < 1.29 is 14.7 Å². The third-order valence-corrected chi connectivity index (χ3v) is 3.29. The number of anilines is 1. The van der Waals surface area contributed by atoms with Crippen LogP contribution in [0.1, 0.15) is 36.7 Å². The lowest BCUT2D eigenvalue weighted by atomic mass is 10.1. The zero-order valence-corrected chi connectivity index (χ0v) is 12.4. The molecule has 0 aliphatic carbocycles. The van der Waals surface area contributed by atoms with Gasteiger partial charge in [-0.15, -0.1) is 0 Å². The van der Waals surface area contributed by atoms with E-state index in [0.29, 0.717) is 18.7 Å². The van der Waals surface area contributed by atoms with Gasteiger partial charge in [-0.25, -0.2) is 4.79 Å². The van der Waals surface area contributed by atoms with Crippen LogP contribution in [0.5, 0.6) is 0 Å². The summed E-state index contributed by atoms with van der Waals surface area (Å²) in [7, 11) is 0. The number of benzene rings is 1. The molecule has 1 aromatic carbocycles. The van der Waals surface area contributed by atoms with Crippen molar-refractivity contribution in [3.8, 4) is 0 Å². The predicted octanol–water partition coefficient (Wildman–Crippen LogP) is 2.36. The molecule has 0 spiro atoms. The number of aryl methyl sites for hydroxylation is 1. The molecule has 1 aromatic rings. The molecule has 2 N–H and O–H groups in total. The Balaban J connectivity index is 2.81. The van der Waals surface area contributed by atoms with E-state index in [2.05, 4.69) is 5.32 Å². The van der Waals surface area contributed by atoms with Crippen LogP contribution in [-0.2, 0) is 4.79 Å². The molecule has 0 fully saturated rings. The summed E-state index contributed by atoms with van der Waals surface area (Å²) in [5.41, 5.74) is 1.70. The zero-order valence-electron chi connectivity index (χ0n) is 12.4. The van der Waals surface area contributed by atoms with Crippen LogP contribution in [0.2, 0.25) is 0 Å². The Morgan fingerprint density at radius 2 is 1.90 bits per heavy atom. The molecule has 1 unspecified atom stereocenters. The Hall–Kier alpha value is -2.04. The number of carbonyl (C=O) groups is 2. The molecule has 0 radical (unpaired) electrons. The highest BCUT2D eigenvalue weighted by Gasteiger charge is 2.18. The van der Waals surface area contributed by atoms with Crippen molar-refractivity contribution in [1.82, 2.24) is 4.90 Å². The lowest BCUT2D eigenvalue weighted by molar-refractivity contribution is -0.131. The zero-order chi connectivity index (χ0) is 15.3. The highest BCUT2D eigenvalue weighted by molar-refractivity contribution is 5.90. The average molecular weight is 278 g/mol. The van der Waals surface area contributed by atoms with Crippen LogP contribution in [-0.4, -0.2) is 41.0 Å². The Labute approximate surface area is 119 Å². The number of carbonyl (C=O) groups excluding carboxylic acids is 1. The predicted molar refractivity (Wildman–Crippen MR) is 79.2 cm³/mol. The molecule has 0 saturated heterocycles. The first-order chi connectivity index (χ1) is 9.40. The summed E-state index contributed by atoms with van der Waals surface area (Å²) in [6.07, 6.45) is 0. The smallest absolute Gasteiger partial charge is 0.335 e. The molecule has 0 aromatic heterocycles. The van der Waals surface area contributed by atoms with E-state index in [1.54, 1.807) is 36.9 Å². The van der Waals surface area contributed by atoms with Gasteiger partial charge in [0.15, 0.2) is 0 Å². The summed E-state index contributed by atoms with van der Waals surface area (Å²) in [6.45, 7) is 8.79. The second-order valence-electron chi connectivity index (χ2n) is 4.71. The summed E-state index contributed by atoms with van der Waals surface area (Å²) >= 11 is 0. The highest BCUT2D eigenvalue weighted by Crippen LogP contribution is 2.16. The van der Waals surface area contributed by atoms with Crippen molar-refractivity contribution in [2.75, 3.05) is 18.4 Å². The Kier molecular flexibility index (Phi) is 5.55. The molecule has 0 aliphatic rings. The van der Waals surface area contributed by atoms with Crippen LogP contribution in [0, 0.1) is 6.92 Å². The molecule has 110 valence electrons. The fraction of sp³-hybridized carbons (Fsp3) is 0.467. The third-order valence-electron chi connectivity index (χ3n) is 3.29. The minimum Gasteiger partial charge on any atom is -0.478 e. The Bertz CT molecular complexity index is 496. The van der Waals surface area contributed by atoms with E-state index in [-0.39, 0.29) is 17.5 Å². The van der Waals surface area contributed by atoms with E-state index >= 15 is 0 Å². The number of nitrogens with one attached hydrogen (secondary N) is 1. The molecular weight excluding hydrogens is 256 g/mol. The molecule has 5 heteroatoms. The minimum atomic E-state index is -0.943. The van der Waals surface area contributed by atoms with Gasteiger partial charge in [0.25, 0.3) is 0 Å². The molecule has 1 amide bonds. The SMILES string of the molecule is CCN(CC)C(=O)C(C)Nc1ccc(C(=O)O)c(C)c1. The van der Waals surface area contributed by atoms with Gasteiger partial charge >= 0.3 is 5.97 Å². The van der Waals surface area contributed by atoms with Gasteiger partial charge in [0, 0.05) is 18.8 Å². The number of rotatable bonds is 6. The maximum absolute atomic E-state index is 12.1. The van der Waals surface area contributed by atoms with Gasteiger partial charge in [0.2, 0.25) is 5.91 Å². The summed E-state index contributed by atoms with van der Waals surface area (Å²) < 4.78 is 0. The molecule has 0 aliphatic heterocycles. The Morgan fingerprint density at radius 3 is 2.35 bits per heavy atom. The fourth-order valence-electron chi connectivity index (χ4n) is 2.11. The topological polar surface area (TPSA) is 69.6 Å². The van der Waals surface area contributed by atoms with Crippen molar-refractivity contribution in [2.24, 2.45) is 0 Å². The van der Waals surface area contributed by atoms with Gasteiger partial charge < -0.3 is 15.3 Å². The minimum absolute atomic E-state index is 0.0370. The van der Waals surface area contributed by atoms with E-state index in [1.807, 2.05) is 13.8 Å². The molecule has 20 heavy (non-hydrogen) atoms. The first-order valence-electron chi connectivity index (χ1n) is 6.79. The van der Waals surface area contributed by atoms with Gasteiger partial charge in [-0.2, -0.15) is 0 Å². The van der Waals surface area contributed by atoms with Crippen LogP contribution in [0.15, 0.2) is 18.2 Å². The molecular formula is C15H22N2O3. The van der Waals surface area contributed by atoms with Crippen LogP contribution < -0.4 is 5.32 Å². The number of amides is 1. The Morgan fingerprint density at radius 1 is 1.30 bits per heavy atom. The summed E-state index contributed by atoms with van der Waals surface area (Å²) in [5, 5.41) is 12.1. The molecule has 0 saturated carbocycles. The van der Waals surface area contributed by atoms with E-state index in [4.69, 9.17) is 5.11 Å². The van der Waals surface area contributed by atoms with Gasteiger partial charge in [-0.05, 0) is 51.5 Å². The number of nitrogens with zero attached hydrogens (tertiary/aromatic N) is 1. The number of aromatic carboxylic acids is 1. The lowest BCUT2D eigenvalue weighted by Gasteiger charge is -2.24. The maximum atomic E-state index is 12.1. The molecule has 1 atom stereocenters. The second kappa shape index (κ2) is 6.93. The molecule has 5 nitrogen and oxygen atoms in total. The number of hydrogen-bond donors (Lipinski definition) is 2. The van der Waals surface area contributed by atoms with E-state index in [1.165, 1.54) is 0 Å². The normalized spacial score (nSPS) is 11.8. The monoisotopic (exact) mass is 278 g/mol. The summed E-state index contributed by atoms with van der Waals surface area (Å²) in [5.74, 6) is -0.906. The first-order valence-corrected chi connectivity index (χ1v) is 6.79. The van der Waals surface area contributed by atoms with E-state index in [0.717, 1.165) is 5.69 Å². The van der Waals surface area contributed by atoms with E-state index in [9.17, 15) is 9.59 Å². The van der Waals surface area contributed by atoms with Gasteiger partial charge in [-0.1, -0.05) is 0 Å². The molecule has 1 rings (SSSR count).